The molecule has 0 aliphatic carbocycles. The lowest BCUT2D eigenvalue weighted by molar-refractivity contribution is -0.143. The summed E-state index contributed by atoms with van der Waals surface area (Å²) in [5.74, 6) is 0.560. The first kappa shape index (κ1) is 19.7. The van der Waals surface area contributed by atoms with Crippen LogP contribution in [-0.2, 0) is 4.79 Å². The van der Waals surface area contributed by atoms with Gasteiger partial charge in [0.2, 0.25) is 0 Å². The van der Waals surface area contributed by atoms with Gasteiger partial charge in [-0.1, -0.05) is 6.07 Å². The summed E-state index contributed by atoms with van der Waals surface area (Å²) in [6.07, 6.45) is 1.37. The van der Waals surface area contributed by atoms with E-state index in [1.807, 2.05) is 19.1 Å². The zero-order valence-electron chi connectivity index (χ0n) is 16.1. The first-order valence-electron chi connectivity index (χ1n) is 9.37. The van der Waals surface area contributed by atoms with Crippen molar-refractivity contribution >= 4 is 17.3 Å². The lowest BCUT2D eigenvalue weighted by atomic mass is 9.93. The summed E-state index contributed by atoms with van der Waals surface area (Å²) in [5.41, 5.74) is 1.14. The van der Waals surface area contributed by atoms with E-state index in [0.717, 1.165) is 30.2 Å². The number of aryl methyl sites for hydroxylation is 1. The Morgan fingerprint density at radius 3 is 2.56 bits per heavy atom. The molecule has 0 saturated carbocycles. The first-order chi connectivity index (χ1) is 13.0. The third kappa shape index (κ3) is 4.45. The molecule has 1 atom stereocenters. The van der Waals surface area contributed by atoms with Gasteiger partial charge in [0.25, 0.3) is 0 Å². The molecule has 3 rings (SSSR count). The molecule has 6 heteroatoms. The highest BCUT2D eigenvalue weighted by Gasteiger charge is 2.31. The summed E-state index contributed by atoms with van der Waals surface area (Å²) in [4.78, 5) is 16.2. The van der Waals surface area contributed by atoms with Gasteiger partial charge in [0.15, 0.2) is 11.5 Å². The van der Waals surface area contributed by atoms with Crippen LogP contribution in [0.4, 0.5) is 0 Å². The number of thiophene rings is 1. The molecule has 1 aromatic carbocycles. The second kappa shape index (κ2) is 8.76. The predicted octanol–water partition coefficient (Wildman–Crippen LogP) is 4.35. The Hall–Kier alpha value is -2.05. The monoisotopic (exact) mass is 389 g/mol. The summed E-state index contributed by atoms with van der Waals surface area (Å²) in [6, 6.07) is 10.5. The molecule has 1 aliphatic rings. The Balaban J connectivity index is 1.93. The summed E-state index contributed by atoms with van der Waals surface area (Å²) < 4.78 is 11.2. The topological polar surface area (TPSA) is 59.0 Å². The number of piperidine rings is 1. The van der Waals surface area contributed by atoms with Gasteiger partial charge in [0, 0.05) is 9.75 Å². The van der Waals surface area contributed by atoms with E-state index in [1.165, 1.54) is 9.75 Å². The molecule has 0 radical (unpaired) electrons. The largest absolute Gasteiger partial charge is 0.493 e. The first-order valence-corrected chi connectivity index (χ1v) is 10.2. The molecule has 2 aromatic rings. The molecule has 2 heterocycles. The number of nitrogens with zero attached hydrogens (tertiary/aromatic N) is 1. The third-order valence-electron chi connectivity index (χ3n) is 5.08. The van der Waals surface area contributed by atoms with Gasteiger partial charge in [-0.3, -0.25) is 9.69 Å². The number of carboxylic acid groups (broad SMARTS) is 1. The van der Waals surface area contributed by atoms with Crippen molar-refractivity contribution in [3.05, 3.63) is 45.6 Å². The van der Waals surface area contributed by atoms with E-state index in [2.05, 4.69) is 30.0 Å². The van der Waals surface area contributed by atoms with Gasteiger partial charge in [0.05, 0.1) is 25.7 Å². The number of carbonyl (C=O) groups is 1. The van der Waals surface area contributed by atoms with Crippen molar-refractivity contribution in [1.82, 2.24) is 4.90 Å². The van der Waals surface area contributed by atoms with Gasteiger partial charge in [-0.15, -0.1) is 11.3 Å². The molecule has 1 N–H and O–H groups in total. The third-order valence-corrected chi connectivity index (χ3v) is 6.13. The Morgan fingerprint density at radius 1 is 1.26 bits per heavy atom. The number of rotatable bonds is 7. The molecule has 0 spiro atoms. The molecule has 1 aliphatic heterocycles. The highest BCUT2D eigenvalue weighted by molar-refractivity contribution is 7.12. The van der Waals surface area contributed by atoms with Crippen LogP contribution in [-0.4, -0.2) is 42.8 Å². The van der Waals surface area contributed by atoms with Crippen LogP contribution in [0.3, 0.4) is 0 Å². The van der Waals surface area contributed by atoms with E-state index in [-0.39, 0.29) is 12.0 Å². The Labute approximate surface area is 164 Å². The van der Waals surface area contributed by atoms with Crippen molar-refractivity contribution < 1.29 is 19.4 Å². The number of methoxy groups -OCH3 is 1. The Kier molecular flexibility index (Phi) is 6.39. The number of hydrogen-bond acceptors (Lipinski definition) is 5. The van der Waals surface area contributed by atoms with Gasteiger partial charge in [-0.2, -0.15) is 0 Å². The Morgan fingerprint density at radius 2 is 2.00 bits per heavy atom. The minimum atomic E-state index is -0.680. The number of hydrogen-bond donors (Lipinski definition) is 1. The normalized spacial score (nSPS) is 16.9. The summed E-state index contributed by atoms with van der Waals surface area (Å²) >= 11 is 1.79. The van der Waals surface area contributed by atoms with Crippen molar-refractivity contribution in [2.45, 2.75) is 32.7 Å². The second-order valence-corrected chi connectivity index (χ2v) is 8.16. The van der Waals surface area contributed by atoms with Crippen LogP contribution >= 0.6 is 11.3 Å². The highest BCUT2D eigenvalue weighted by atomic mass is 32.1. The molecule has 27 heavy (non-hydrogen) atoms. The van der Waals surface area contributed by atoms with Crippen molar-refractivity contribution in [3.63, 3.8) is 0 Å². The lowest BCUT2D eigenvalue weighted by Crippen LogP contribution is -2.39. The smallest absolute Gasteiger partial charge is 0.306 e. The van der Waals surface area contributed by atoms with E-state index < -0.39 is 5.97 Å². The van der Waals surface area contributed by atoms with E-state index in [1.54, 1.807) is 18.4 Å². The van der Waals surface area contributed by atoms with Gasteiger partial charge >= 0.3 is 5.97 Å². The number of likely N-dealkylation sites (tertiary alicyclic amines) is 1. The minimum absolute atomic E-state index is 0.100. The molecule has 1 unspecified atom stereocenters. The zero-order chi connectivity index (χ0) is 19.4. The molecule has 1 saturated heterocycles. The predicted molar refractivity (Wildman–Crippen MR) is 107 cm³/mol. The van der Waals surface area contributed by atoms with Gasteiger partial charge in [0.1, 0.15) is 0 Å². The van der Waals surface area contributed by atoms with Gasteiger partial charge in [-0.05, 0) is 69.6 Å². The van der Waals surface area contributed by atoms with Crippen LogP contribution < -0.4 is 9.47 Å². The van der Waals surface area contributed by atoms with Crippen molar-refractivity contribution in [1.29, 1.82) is 0 Å². The molecular formula is C21H27NO4S. The second-order valence-electron chi connectivity index (χ2n) is 6.84. The number of aliphatic carboxylic acids is 1. The van der Waals surface area contributed by atoms with E-state index in [0.29, 0.717) is 19.4 Å². The molecule has 146 valence electrons. The highest BCUT2D eigenvalue weighted by Crippen LogP contribution is 2.39. The molecule has 0 bridgehead atoms. The SMILES string of the molecule is CCOc1ccc(C(c2ccc(C)s2)N2CCC(C(=O)O)CC2)cc1OC. The van der Waals surface area contributed by atoms with E-state index >= 15 is 0 Å². The van der Waals surface area contributed by atoms with Crippen LogP contribution in [0.2, 0.25) is 0 Å². The maximum atomic E-state index is 11.3. The van der Waals surface area contributed by atoms with Crippen molar-refractivity contribution in [2.75, 3.05) is 26.8 Å². The number of ether oxygens (including phenoxy) is 2. The average Bonchev–Trinajstić information content (AvgIpc) is 3.09. The maximum absolute atomic E-state index is 11.3. The molecule has 0 amide bonds. The van der Waals surface area contributed by atoms with E-state index in [9.17, 15) is 9.90 Å². The molecule has 1 fully saturated rings. The summed E-state index contributed by atoms with van der Waals surface area (Å²) in [7, 11) is 1.66. The van der Waals surface area contributed by atoms with Gasteiger partial charge < -0.3 is 14.6 Å². The molecule has 5 nitrogen and oxygen atoms in total. The summed E-state index contributed by atoms with van der Waals surface area (Å²) in [6.45, 7) is 6.20. The van der Waals surface area contributed by atoms with Crippen LogP contribution in [0.15, 0.2) is 30.3 Å². The van der Waals surface area contributed by atoms with Crippen LogP contribution in [0.5, 0.6) is 11.5 Å². The summed E-state index contributed by atoms with van der Waals surface area (Å²) in [5, 5.41) is 9.30. The minimum Gasteiger partial charge on any atom is -0.493 e. The van der Waals surface area contributed by atoms with E-state index in [4.69, 9.17) is 9.47 Å². The average molecular weight is 390 g/mol. The number of benzene rings is 1. The van der Waals surface area contributed by atoms with Crippen LogP contribution in [0, 0.1) is 12.8 Å². The zero-order valence-corrected chi connectivity index (χ0v) is 16.9. The Bertz CT molecular complexity index is 780. The fraction of sp³-hybridized carbons (Fsp3) is 0.476. The quantitative estimate of drug-likeness (QED) is 0.763. The van der Waals surface area contributed by atoms with Crippen molar-refractivity contribution in [3.8, 4) is 11.5 Å². The van der Waals surface area contributed by atoms with Crippen LogP contribution in [0.25, 0.3) is 0 Å². The van der Waals surface area contributed by atoms with Crippen LogP contribution in [0.1, 0.15) is 41.1 Å². The lowest BCUT2D eigenvalue weighted by Gasteiger charge is -2.36. The standard InChI is InChI=1S/C21H27NO4S/c1-4-26-17-7-6-16(13-18(17)25-3)20(19-8-5-14(2)27-19)22-11-9-15(10-12-22)21(23)24/h5-8,13,15,20H,4,9-12H2,1-3H3,(H,23,24). The van der Waals surface area contributed by atoms with Gasteiger partial charge in [-0.25, -0.2) is 0 Å². The maximum Gasteiger partial charge on any atom is 0.306 e. The molecule has 1 aromatic heterocycles. The molecular weight excluding hydrogens is 362 g/mol. The fourth-order valence-electron chi connectivity index (χ4n) is 3.69. The fourth-order valence-corrected chi connectivity index (χ4v) is 4.73. The number of carboxylic acids is 1. The van der Waals surface area contributed by atoms with Crippen molar-refractivity contribution in [2.24, 2.45) is 5.92 Å².